The number of amides is 1. The third kappa shape index (κ3) is 6.03. The summed E-state index contributed by atoms with van der Waals surface area (Å²) in [5, 5.41) is 12.2. The lowest BCUT2D eigenvalue weighted by Gasteiger charge is -2.14. The molecule has 2 aromatic rings. The van der Waals surface area contributed by atoms with Crippen LogP contribution in [0.5, 0.6) is 5.75 Å². The van der Waals surface area contributed by atoms with E-state index in [0.717, 1.165) is 12.1 Å². The van der Waals surface area contributed by atoms with Gasteiger partial charge >= 0.3 is 6.18 Å². The van der Waals surface area contributed by atoms with Crippen molar-refractivity contribution in [1.29, 1.82) is 0 Å². The summed E-state index contributed by atoms with van der Waals surface area (Å²) >= 11 is 0. The molecule has 0 saturated heterocycles. The van der Waals surface area contributed by atoms with E-state index < -0.39 is 29.6 Å². The fraction of sp³-hybridized carbons (Fsp3) is 0.278. The molecule has 0 radical (unpaired) electrons. The fourth-order valence-electron chi connectivity index (χ4n) is 2.12. The Morgan fingerprint density at radius 1 is 1.15 bits per heavy atom. The van der Waals surface area contributed by atoms with E-state index in [1.54, 1.807) is 6.07 Å². The molecule has 26 heavy (non-hydrogen) atoms. The van der Waals surface area contributed by atoms with Gasteiger partial charge in [0.2, 0.25) is 5.91 Å². The molecule has 0 aromatic heterocycles. The minimum absolute atomic E-state index is 0.0449. The third-order valence-electron chi connectivity index (χ3n) is 3.45. The van der Waals surface area contributed by atoms with Gasteiger partial charge in [-0.2, -0.15) is 13.2 Å². The zero-order valence-electron chi connectivity index (χ0n) is 13.6. The Balaban J connectivity index is 1.78. The van der Waals surface area contributed by atoms with Crippen LogP contribution in [-0.2, 0) is 17.4 Å². The number of ether oxygens (including phenoxy) is 1. The van der Waals surface area contributed by atoms with Crippen LogP contribution < -0.4 is 10.1 Å². The monoisotopic (exact) mass is 371 g/mol. The Bertz CT molecular complexity index is 749. The Morgan fingerprint density at radius 2 is 1.88 bits per heavy atom. The molecule has 2 rings (SSSR count). The van der Waals surface area contributed by atoms with Crippen molar-refractivity contribution in [3.8, 4) is 5.75 Å². The summed E-state index contributed by atoms with van der Waals surface area (Å²) in [7, 11) is 0. The first-order valence-corrected chi connectivity index (χ1v) is 7.74. The zero-order chi connectivity index (χ0) is 19.2. The molecule has 0 aliphatic heterocycles. The van der Waals surface area contributed by atoms with E-state index in [1.165, 1.54) is 30.3 Å². The molecule has 0 bridgehead atoms. The van der Waals surface area contributed by atoms with E-state index >= 15 is 0 Å². The summed E-state index contributed by atoms with van der Waals surface area (Å²) in [6, 6.07) is 10.1. The second-order valence-corrected chi connectivity index (χ2v) is 5.56. The minimum Gasteiger partial charge on any atom is -0.491 e. The number of halogens is 4. The zero-order valence-corrected chi connectivity index (χ0v) is 13.6. The van der Waals surface area contributed by atoms with Crippen LogP contribution in [0.3, 0.4) is 0 Å². The highest BCUT2D eigenvalue weighted by Gasteiger charge is 2.30. The number of benzene rings is 2. The topological polar surface area (TPSA) is 58.6 Å². The van der Waals surface area contributed by atoms with Crippen molar-refractivity contribution in [2.24, 2.45) is 0 Å². The van der Waals surface area contributed by atoms with E-state index in [2.05, 4.69) is 5.32 Å². The highest BCUT2D eigenvalue weighted by molar-refractivity contribution is 5.78. The van der Waals surface area contributed by atoms with E-state index in [0.29, 0.717) is 0 Å². The number of hydrogen-bond acceptors (Lipinski definition) is 3. The molecule has 1 unspecified atom stereocenters. The summed E-state index contributed by atoms with van der Waals surface area (Å²) in [4.78, 5) is 11.7. The molecule has 1 atom stereocenters. The average molecular weight is 371 g/mol. The van der Waals surface area contributed by atoms with Gasteiger partial charge in [-0.15, -0.1) is 0 Å². The third-order valence-corrected chi connectivity index (χ3v) is 3.45. The molecule has 2 N–H and O–H groups in total. The van der Waals surface area contributed by atoms with Gasteiger partial charge in [-0.05, 0) is 29.8 Å². The Hall–Kier alpha value is -2.61. The maximum Gasteiger partial charge on any atom is 0.416 e. The molecule has 0 aliphatic carbocycles. The lowest BCUT2D eigenvalue weighted by Crippen LogP contribution is -2.36. The van der Waals surface area contributed by atoms with E-state index in [-0.39, 0.29) is 30.9 Å². The number of carbonyl (C=O) groups excluding carboxylic acids is 1. The highest BCUT2D eigenvalue weighted by atomic mass is 19.4. The number of hydrogen-bond donors (Lipinski definition) is 2. The number of alkyl halides is 3. The second-order valence-electron chi connectivity index (χ2n) is 5.56. The average Bonchev–Trinajstić information content (AvgIpc) is 2.60. The Kier molecular flexibility index (Phi) is 6.57. The van der Waals surface area contributed by atoms with E-state index in [9.17, 15) is 27.5 Å². The van der Waals surface area contributed by atoms with Crippen molar-refractivity contribution < 1.29 is 32.2 Å². The lowest BCUT2D eigenvalue weighted by molar-refractivity contribution is -0.137. The number of carbonyl (C=O) groups is 1. The van der Waals surface area contributed by atoms with E-state index in [1.807, 2.05) is 0 Å². The van der Waals surface area contributed by atoms with Crippen molar-refractivity contribution in [3.63, 3.8) is 0 Å². The predicted molar refractivity (Wildman–Crippen MR) is 86.1 cm³/mol. The molecule has 0 saturated carbocycles. The summed E-state index contributed by atoms with van der Waals surface area (Å²) < 4.78 is 56.4. The first kappa shape index (κ1) is 19.7. The molecule has 0 heterocycles. The molecular formula is C18H17F4NO3. The number of aliphatic hydroxyl groups is 1. The molecular weight excluding hydrogens is 354 g/mol. The first-order chi connectivity index (χ1) is 12.3. The maximum absolute atomic E-state index is 13.4. The molecule has 140 valence electrons. The van der Waals surface area contributed by atoms with Gasteiger partial charge in [0.25, 0.3) is 0 Å². The molecule has 8 heteroatoms. The summed E-state index contributed by atoms with van der Waals surface area (Å²) in [5.74, 6) is -1.04. The van der Waals surface area contributed by atoms with Crippen LogP contribution in [0.25, 0.3) is 0 Å². The van der Waals surface area contributed by atoms with Crippen molar-refractivity contribution in [1.82, 2.24) is 5.32 Å². The fourth-order valence-corrected chi connectivity index (χ4v) is 2.12. The number of rotatable bonds is 7. The van der Waals surface area contributed by atoms with Crippen LogP contribution in [0.15, 0.2) is 48.5 Å². The van der Waals surface area contributed by atoms with Crippen molar-refractivity contribution in [2.75, 3.05) is 13.2 Å². The van der Waals surface area contributed by atoms with Crippen molar-refractivity contribution in [3.05, 3.63) is 65.5 Å². The normalized spacial score (nSPS) is 12.5. The lowest BCUT2D eigenvalue weighted by atomic mass is 10.1. The van der Waals surface area contributed by atoms with Crippen LogP contribution in [0.2, 0.25) is 0 Å². The van der Waals surface area contributed by atoms with Gasteiger partial charge in [0.1, 0.15) is 24.3 Å². The van der Waals surface area contributed by atoms with Crippen LogP contribution in [0.1, 0.15) is 11.1 Å². The first-order valence-electron chi connectivity index (χ1n) is 7.74. The largest absolute Gasteiger partial charge is 0.491 e. The van der Waals surface area contributed by atoms with Crippen LogP contribution in [0, 0.1) is 5.82 Å². The van der Waals surface area contributed by atoms with Crippen molar-refractivity contribution >= 4 is 5.91 Å². The van der Waals surface area contributed by atoms with E-state index in [4.69, 9.17) is 4.74 Å². The molecule has 4 nitrogen and oxygen atoms in total. The summed E-state index contributed by atoms with van der Waals surface area (Å²) in [6.45, 7) is -0.479. The van der Waals surface area contributed by atoms with Crippen LogP contribution in [-0.4, -0.2) is 30.3 Å². The van der Waals surface area contributed by atoms with Gasteiger partial charge in [-0.25, -0.2) is 4.39 Å². The summed E-state index contributed by atoms with van der Waals surface area (Å²) in [6.07, 6.45) is -5.80. The summed E-state index contributed by atoms with van der Waals surface area (Å²) in [5.41, 5.74) is -0.637. The quantitative estimate of drug-likeness (QED) is 0.736. The number of nitrogens with one attached hydrogen (secondary N) is 1. The van der Waals surface area contributed by atoms with Gasteiger partial charge < -0.3 is 15.2 Å². The molecule has 0 fully saturated rings. The highest BCUT2D eigenvalue weighted by Crippen LogP contribution is 2.31. The Morgan fingerprint density at radius 3 is 2.58 bits per heavy atom. The minimum atomic E-state index is -4.49. The standard InChI is InChI=1S/C18H17F4NO3/c19-16-7-2-1-4-12(16)8-17(25)23-10-14(24)11-26-15-6-3-5-13(9-15)18(20,21)22/h1-7,9,14,24H,8,10-11H2,(H,23,25). The van der Waals surface area contributed by atoms with Crippen LogP contribution >= 0.6 is 0 Å². The van der Waals surface area contributed by atoms with Crippen LogP contribution in [0.4, 0.5) is 17.6 Å². The SMILES string of the molecule is O=C(Cc1ccccc1F)NCC(O)COc1cccc(C(F)(F)F)c1. The molecule has 2 aromatic carbocycles. The van der Waals surface area contributed by atoms with Gasteiger partial charge in [-0.3, -0.25) is 4.79 Å². The van der Waals surface area contributed by atoms with Crippen molar-refractivity contribution in [2.45, 2.75) is 18.7 Å². The van der Waals surface area contributed by atoms with Gasteiger partial charge in [0.05, 0.1) is 12.0 Å². The van der Waals surface area contributed by atoms with Gasteiger partial charge in [-0.1, -0.05) is 24.3 Å². The molecule has 1 amide bonds. The predicted octanol–water partition coefficient (Wildman–Crippen LogP) is 2.94. The van der Waals surface area contributed by atoms with Gasteiger partial charge in [0, 0.05) is 6.54 Å². The number of aliphatic hydroxyl groups excluding tert-OH is 1. The second kappa shape index (κ2) is 8.66. The Labute approximate surface area is 147 Å². The maximum atomic E-state index is 13.4. The molecule has 0 spiro atoms. The van der Waals surface area contributed by atoms with Gasteiger partial charge in [0.15, 0.2) is 0 Å². The molecule has 0 aliphatic rings. The smallest absolute Gasteiger partial charge is 0.416 e.